The van der Waals surface area contributed by atoms with Crippen LogP contribution in [0.5, 0.6) is 0 Å². The minimum Gasteiger partial charge on any atom is -0.310 e. The topological polar surface area (TPSA) is 33.1 Å². The summed E-state index contributed by atoms with van der Waals surface area (Å²) in [6.07, 6.45) is 7.90. The van der Waals surface area contributed by atoms with E-state index in [0.29, 0.717) is 12.1 Å². The molecule has 4 nitrogen and oxygen atoms in total. The van der Waals surface area contributed by atoms with E-state index >= 15 is 0 Å². The minimum absolute atomic E-state index is 0.661. The molecule has 0 amide bonds. The molecule has 1 fully saturated rings. The largest absolute Gasteiger partial charge is 0.310 e. The number of aromatic nitrogens is 2. The molecule has 1 saturated heterocycles. The first-order chi connectivity index (χ1) is 8.65. The zero-order valence-electron chi connectivity index (χ0n) is 11.9. The summed E-state index contributed by atoms with van der Waals surface area (Å²) in [5.74, 6) is 0. The highest BCUT2D eigenvalue weighted by Gasteiger charge is 2.18. The SMILES string of the molecule is CC(C)N1CCCC(NCc2cnn(C)c2)CC1. The van der Waals surface area contributed by atoms with E-state index in [1.165, 1.54) is 37.9 Å². The Morgan fingerprint density at radius 2 is 2.22 bits per heavy atom. The Morgan fingerprint density at radius 1 is 1.39 bits per heavy atom. The van der Waals surface area contributed by atoms with E-state index in [-0.39, 0.29) is 0 Å². The molecule has 1 aromatic rings. The average Bonchev–Trinajstić information content (AvgIpc) is 2.62. The van der Waals surface area contributed by atoms with Crippen LogP contribution in [0.3, 0.4) is 0 Å². The maximum absolute atomic E-state index is 4.20. The van der Waals surface area contributed by atoms with Crippen molar-refractivity contribution in [3.63, 3.8) is 0 Å². The summed E-state index contributed by atoms with van der Waals surface area (Å²) in [5.41, 5.74) is 1.28. The van der Waals surface area contributed by atoms with Gasteiger partial charge in [-0.15, -0.1) is 0 Å². The fourth-order valence-corrected chi connectivity index (χ4v) is 2.66. The highest BCUT2D eigenvalue weighted by atomic mass is 15.2. The van der Waals surface area contributed by atoms with Crippen molar-refractivity contribution in [1.29, 1.82) is 0 Å². The van der Waals surface area contributed by atoms with E-state index in [9.17, 15) is 0 Å². The fraction of sp³-hybridized carbons (Fsp3) is 0.786. The average molecular weight is 250 g/mol. The Bertz CT molecular complexity index is 358. The van der Waals surface area contributed by atoms with E-state index in [2.05, 4.69) is 35.4 Å². The van der Waals surface area contributed by atoms with Crippen LogP contribution in [0, 0.1) is 0 Å². The second-order valence-electron chi connectivity index (χ2n) is 5.66. The van der Waals surface area contributed by atoms with Gasteiger partial charge in [0.2, 0.25) is 0 Å². The van der Waals surface area contributed by atoms with Crippen LogP contribution in [-0.2, 0) is 13.6 Å². The maximum Gasteiger partial charge on any atom is 0.0534 e. The Morgan fingerprint density at radius 3 is 2.89 bits per heavy atom. The molecule has 0 saturated carbocycles. The van der Waals surface area contributed by atoms with Crippen molar-refractivity contribution < 1.29 is 0 Å². The van der Waals surface area contributed by atoms with Gasteiger partial charge in [0.05, 0.1) is 6.20 Å². The smallest absolute Gasteiger partial charge is 0.0534 e. The monoisotopic (exact) mass is 250 g/mol. The van der Waals surface area contributed by atoms with Crippen LogP contribution >= 0.6 is 0 Å². The van der Waals surface area contributed by atoms with Crippen LogP contribution in [0.1, 0.15) is 38.7 Å². The van der Waals surface area contributed by atoms with Crippen molar-refractivity contribution >= 4 is 0 Å². The molecule has 1 aliphatic rings. The second kappa shape index (κ2) is 6.34. The Labute approximate surface area is 110 Å². The van der Waals surface area contributed by atoms with Crippen molar-refractivity contribution in [1.82, 2.24) is 20.0 Å². The van der Waals surface area contributed by atoms with E-state index in [1.54, 1.807) is 0 Å². The lowest BCUT2D eigenvalue weighted by atomic mass is 10.1. The van der Waals surface area contributed by atoms with E-state index < -0.39 is 0 Å². The zero-order chi connectivity index (χ0) is 13.0. The Balaban J connectivity index is 1.77. The van der Waals surface area contributed by atoms with Gasteiger partial charge in [-0.3, -0.25) is 4.68 Å². The molecule has 1 aliphatic heterocycles. The van der Waals surface area contributed by atoms with Crippen molar-refractivity contribution in [3.05, 3.63) is 18.0 Å². The molecule has 2 heterocycles. The maximum atomic E-state index is 4.20. The number of nitrogens with zero attached hydrogens (tertiary/aromatic N) is 3. The van der Waals surface area contributed by atoms with Gasteiger partial charge in [0.25, 0.3) is 0 Å². The molecule has 1 atom stereocenters. The molecule has 0 aromatic carbocycles. The summed E-state index contributed by atoms with van der Waals surface area (Å²) < 4.78 is 1.87. The van der Waals surface area contributed by atoms with Gasteiger partial charge in [-0.2, -0.15) is 5.10 Å². The molecule has 0 aliphatic carbocycles. The van der Waals surface area contributed by atoms with Gasteiger partial charge < -0.3 is 10.2 Å². The Hall–Kier alpha value is -0.870. The summed E-state index contributed by atoms with van der Waals surface area (Å²) in [4.78, 5) is 2.59. The van der Waals surface area contributed by atoms with Gasteiger partial charge in [0.15, 0.2) is 0 Å². The van der Waals surface area contributed by atoms with Crippen LogP contribution < -0.4 is 5.32 Å². The normalized spacial score (nSPS) is 22.3. The highest BCUT2D eigenvalue weighted by molar-refractivity contribution is 5.03. The molecule has 0 bridgehead atoms. The summed E-state index contributed by atoms with van der Waals surface area (Å²) in [5, 5.41) is 7.87. The van der Waals surface area contributed by atoms with Gasteiger partial charge in [0.1, 0.15) is 0 Å². The molecule has 102 valence electrons. The molecule has 1 N–H and O–H groups in total. The predicted octanol–water partition coefficient (Wildman–Crippen LogP) is 1.77. The number of likely N-dealkylation sites (tertiary alicyclic amines) is 1. The van der Waals surface area contributed by atoms with Crippen molar-refractivity contribution in [3.8, 4) is 0 Å². The van der Waals surface area contributed by atoms with Gasteiger partial charge in [-0.25, -0.2) is 0 Å². The second-order valence-corrected chi connectivity index (χ2v) is 5.66. The lowest BCUT2D eigenvalue weighted by Gasteiger charge is -2.24. The highest BCUT2D eigenvalue weighted by Crippen LogP contribution is 2.13. The van der Waals surface area contributed by atoms with Crippen LogP contribution in [0.25, 0.3) is 0 Å². The van der Waals surface area contributed by atoms with Gasteiger partial charge in [-0.1, -0.05) is 0 Å². The molecule has 18 heavy (non-hydrogen) atoms. The van der Waals surface area contributed by atoms with Gasteiger partial charge in [0, 0.05) is 37.4 Å². The number of aryl methyl sites for hydroxylation is 1. The molecule has 1 unspecified atom stereocenters. The summed E-state index contributed by atoms with van der Waals surface area (Å²) in [6.45, 7) is 8.01. The third-order valence-electron chi connectivity index (χ3n) is 3.85. The first kappa shape index (κ1) is 13.6. The molecule has 1 aromatic heterocycles. The van der Waals surface area contributed by atoms with Crippen LogP contribution in [0.4, 0.5) is 0 Å². The number of nitrogens with one attached hydrogen (secondary N) is 1. The van der Waals surface area contributed by atoms with E-state index in [4.69, 9.17) is 0 Å². The fourth-order valence-electron chi connectivity index (χ4n) is 2.66. The zero-order valence-corrected chi connectivity index (χ0v) is 11.9. The molecule has 2 rings (SSSR count). The minimum atomic E-state index is 0.661. The first-order valence-electron chi connectivity index (χ1n) is 7.10. The molecule has 0 radical (unpaired) electrons. The van der Waals surface area contributed by atoms with Crippen molar-refractivity contribution in [2.24, 2.45) is 7.05 Å². The molecular formula is C14H26N4. The third-order valence-corrected chi connectivity index (χ3v) is 3.85. The number of hydrogen-bond donors (Lipinski definition) is 1. The quantitative estimate of drug-likeness (QED) is 0.884. The summed E-state index contributed by atoms with van der Waals surface area (Å²) in [7, 11) is 1.97. The lowest BCUT2D eigenvalue weighted by Crippen LogP contribution is -2.33. The van der Waals surface area contributed by atoms with Crippen molar-refractivity contribution in [2.45, 2.75) is 51.7 Å². The lowest BCUT2D eigenvalue weighted by molar-refractivity contribution is 0.229. The van der Waals surface area contributed by atoms with Crippen LogP contribution in [0.2, 0.25) is 0 Å². The number of hydrogen-bond acceptors (Lipinski definition) is 3. The number of rotatable bonds is 4. The molecular weight excluding hydrogens is 224 g/mol. The standard InChI is InChI=1S/C14H26N4/c1-12(2)18-7-4-5-14(6-8-18)15-9-13-10-16-17(3)11-13/h10-12,14-15H,4-9H2,1-3H3. The Kier molecular flexibility index (Phi) is 4.78. The van der Waals surface area contributed by atoms with E-state index in [1.807, 2.05) is 17.9 Å². The summed E-state index contributed by atoms with van der Waals surface area (Å²) in [6, 6.07) is 1.34. The third kappa shape index (κ3) is 3.82. The van der Waals surface area contributed by atoms with Crippen LogP contribution in [-0.4, -0.2) is 39.9 Å². The van der Waals surface area contributed by atoms with Crippen LogP contribution in [0.15, 0.2) is 12.4 Å². The predicted molar refractivity (Wildman–Crippen MR) is 74.4 cm³/mol. The molecule has 0 spiro atoms. The molecule has 4 heteroatoms. The van der Waals surface area contributed by atoms with Crippen molar-refractivity contribution in [2.75, 3.05) is 13.1 Å². The van der Waals surface area contributed by atoms with Gasteiger partial charge >= 0.3 is 0 Å². The van der Waals surface area contributed by atoms with Gasteiger partial charge in [-0.05, 0) is 46.2 Å². The summed E-state index contributed by atoms with van der Waals surface area (Å²) >= 11 is 0. The van der Waals surface area contributed by atoms with E-state index in [0.717, 1.165) is 6.54 Å². The first-order valence-corrected chi connectivity index (χ1v) is 7.10.